The van der Waals surface area contributed by atoms with Crippen LogP contribution in [0.5, 0.6) is 11.5 Å². The number of benzene rings is 2. The third kappa shape index (κ3) is 6.47. The number of rotatable bonds is 9. The van der Waals surface area contributed by atoms with Crippen LogP contribution < -0.4 is 14.8 Å². The van der Waals surface area contributed by atoms with Gasteiger partial charge in [0, 0.05) is 12.1 Å². The molecule has 0 fully saturated rings. The number of hydrogen-bond donors (Lipinski definition) is 1. The van der Waals surface area contributed by atoms with E-state index in [1.807, 2.05) is 56.3 Å². The van der Waals surface area contributed by atoms with Crippen LogP contribution in [0, 0.1) is 0 Å². The highest BCUT2D eigenvalue weighted by Crippen LogP contribution is 2.28. The van der Waals surface area contributed by atoms with Gasteiger partial charge in [-0.05, 0) is 37.6 Å². The predicted molar refractivity (Wildman–Crippen MR) is 101 cm³/mol. The van der Waals surface area contributed by atoms with Gasteiger partial charge < -0.3 is 19.6 Å². The summed E-state index contributed by atoms with van der Waals surface area (Å²) in [5.74, 6) is 1.05. The van der Waals surface area contributed by atoms with Gasteiger partial charge in [-0.1, -0.05) is 35.5 Å². The summed E-state index contributed by atoms with van der Waals surface area (Å²) < 4.78 is 11.0. The maximum absolute atomic E-state index is 11.7. The Balaban J connectivity index is 1.79. The summed E-state index contributed by atoms with van der Waals surface area (Å²) in [5, 5.41) is 6.59. The number of methoxy groups -OCH3 is 1. The van der Waals surface area contributed by atoms with Gasteiger partial charge in [-0.15, -0.1) is 0 Å². The molecule has 26 heavy (non-hydrogen) atoms. The predicted octanol–water partition coefficient (Wildman–Crippen LogP) is 3.15. The zero-order valence-corrected chi connectivity index (χ0v) is 15.3. The minimum absolute atomic E-state index is 0.0566. The van der Waals surface area contributed by atoms with Gasteiger partial charge >= 0.3 is 0 Å². The standard InChI is InChI=1S/C20H24N2O4/c1-15(2)26-18-10-9-17(11-19(18)24-3)13-22-25-14-20(23)21-12-16-7-5-4-6-8-16/h4-11,13,15H,12,14H2,1-3H3,(H,21,23)/b22-13-. The quantitative estimate of drug-likeness (QED) is 0.553. The van der Waals surface area contributed by atoms with Crippen molar-refractivity contribution in [2.24, 2.45) is 5.16 Å². The first-order valence-corrected chi connectivity index (χ1v) is 8.39. The zero-order valence-electron chi connectivity index (χ0n) is 15.3. The molecule has 0 bridgehead atoms. The number of nitrogens with one attached hydrogen (secondary N) is 1. The average molecular weight is 356 g/mol. The number of ether oxygens (including phenoxy) is 2. The van der Waals surface area contributed by atoms with Crippen molar-refractivity contribution in [3.05, 3.63) is 59.7 Å². The summed E-state index contributed by atoms with van der Waals surface area (Å²) in [4.78, 5) is 16.8. The molecule has 0 aliphatic carbocycles. The minimum Gasteiger partial charge on any atom is -0.493 e. The second kappa shape index (κ2) is 10.1. The van der Waals surface area contributed by atoms with Crippen LogP contribution in [-0.2, 0) is 16.2 Å². The van der Waals surface area contributed by atoms with Crippen LogP contribution in [-0.4, -0.2) is 31.9 Å². The van der Waals surface area contributed by atoms with Crippen molar-refractivity contribution in [1.29, 1.82) is 0 Å². The molecular formula is C20H24N2O4. The number of carbonyl (C=O) groups excluding carboxylic acids is 1. The Hall–Kier alpha value is -3.02. The van der Waals surface area contributed by atoms with Gasteiger partial charge in [0.2, 0.25) is 0 Å². The van der Waals surface area contributed by atoms with E-state index in [0.29, 0.717) is 18.0 Å². The molecule has 6 heteroatoms. The lowest BCUT2D eigenvalue weighted by Crippen LogP contribution is -2.26. The van der Waals surface area contributed by atoms with Crippen LogP contribution in [0.25, 0.3) is 0 Å². The van der Waals surface area contributed by atoms with Gasteiger partial charge in [0.25, 0.3) is 5.91 Å². The molecule has 138 valence electrons. The van der Waals surface area contributed by atoms with Gasteiger partial charge in [0.05, 0.1) is 19.4 Å². The van der Waals surface area contributed by atoms with Crippen molar-refractivity contribution < 1.29 is 19.1 Å². The van der Waals surface area contributed by atoms with E-state index in [2.05, 4.69) is 10.5 Å². The van der Waals surface area contributed by atoms with Crippen molar-refractivity contribution in [2.75, 3.05) is 13.7 Å². The molecule has 6 nitrogen and oxygen atoms in total. The highest BCUT2D eigenvalue weighted by atomic mass is 16.6. The first-order valence-electron chi connectivity index (χ1n) is 8.39. The Kier molecular flexibility index (Phi) is 7.49. The average Bonchev–Trinajstić information content (AvgIpc) is 2.65. The number of amides is 1. The van der Waals surface area contributed by atoms with Gasteiger partial charge in [-0.2, -0.15) is 0 Å². The summed E-state index contributed by atoms with van der Waals surface area (Å²) in [6.07, 6.45) is 1.58. The van der Waals surface area contributed by atoms with Crippen LogP contribution in [0.3, 0.4) is 0 Å². The number of hydrogen-bond acceptors (Lipinski definition) is 5. The van der Waals surface area contributed by atoms with Crippen molar-refractivity contribution in [1.82, 2.24) is 5.32 Å². The molecule has 0 unspecified atom stereocenters. The molecule has 0 aromatic heterocycles. The Bertz CT molecular complexity index is 730. The van der Waals surface area contributed by atoms with Crippen LogP contribution in [0.4, 0.5) is 0 Å². The Morgan fingerprint density at radius 1 is 1.15 bits per heavy atom. The number of carbonyl (C=O) groups is 1. The molecule has 0 atom stereocenters. The van der Waals surface area contributed by atoms with E-state index in [1.165, 1.54) is 6.21 Å². The summed E-state index contributed by atoms with van der Waals surface area (Å²) in [7, 11) is 1.58. The molecule has 1 N–H and O–H groups in total. The largest absolute Gasteiger partial charge is 0.493 e. The molecule has 0 aliphatic heterocycles. The molecule has 2 rings (SSSR count). The molecule has 0 saturated heterocycles. The fourth-order valence-electron chi connectivity index (χ4n) is 2.16. The van der Waals surface area contributed by atoms with Crippen molar-refractivity contribution in [3.63, 3.8) is 0 Å². The molecule has 0 spiro atoms. The van der Waals surface area contributed by atoms with E-state index in [0.717, 1.165) is 11.1 Å². The molecule has 2 aromatic carbocycles. The highest BCUT2D eigenvalue weighted by molar-refractivity contribution is 5.81. The zero-order chi connectivity index (χ0) is 18.8. The molecule has 0 saturated carbocycles. The van der Waals surface area contributed by atoms with Gasteiger partial charge in [-0.3, -0.25) is 4.79 Å². The smallest absolute Gasteiger partial charge is 0.261 e. The lowest BCUT2D eigenvalue weighted by Gasteiger charge is -2.13. The van der Waals surface area contributed by atoms with E-state index in [9.17, 15) is 4.79 Å². The highest BCUT2D eigenvalue weighted by Gasteiger charge is 2.07. The fraction of sp³-hybridized carbons (Fsp3) is 0.300. The molecule has 0 radical (unpaired) electrons. The molecule has 1 amide bonds. The molecular weight excluding hydrogens is 332 g/mol. The lowest BCUT2D eigenvalue weighted by atomic mass is 10.2. The van der Waals surface area contributed by atoms with E-state index in [-0.39, 0.29) is 18.6 Å². The van der Waals surface area contributed by atoms with Crippen molar-refractivity contribution >= 4 is 12.1 Å². The summed E-state index contributed by atoms with van der Waals surface area (Å²) in [6.45, 7) is 4.22. The third-order valence-electron chi connectivity index (χ3n) is 3.35. The Morgan fingerprint density at radius 3 is 2.62 bits per heavy atom. The molecule has 0 aliphatic rings. The number of nitrogens with zero attached hydrogens (tertiary/aromatic N) is 1. The third-order valence-corrected chi connectivity index (χ3v) is 3.35. The van der Waals surface area contributed by atoms with E-state index >= 15 is 0 Å². The molecule has 0 heterocycles. The van der Waals surface area contributed by atoms with Crippen molar-refractivity contribution in [2.45, 2.75) is 26.5 Å². The summed E-state index contributed by atoms with van der Waals surface area (Å²) in [5.41, 5.74) is 1.81. The topological polar surface area (TPSA) is 69.2 Å². The maximum atomic E-state index is 11.7. The van der Waals surface area contributed by atoms with E-state index in [4.69, 9.17) is 14.3 Å². The number of oxime groups is 1. The maximum Gasteiger partial charge on any atom is 0.261 e. The second-order valence-electron chi connectivity index (χ2n) is 5.85. The van der Waals surface area contributed by atoms with Gasteiger partial charge in [-0.25, -0.2) is 0 Å². The first-order chi connectivity index (χ1) is 12.6. The first kappa shape index (κ1) is 19.3. The molecule has 2 aromatic rings. The fourth-order valence-corrected chi connectivity index (χ4v) is 2.16. The lowest BCUT2D eigenvalue weighted by molar-refractivity contribution is -0.125. The van der Waals surface area contributed by atoms with Crippen LogP contribution >= 0.6 is 0 Å². The van der Waals surface area contributed by atoms with Gasteiger partial charge in [0.1, 0.15) is 0 Å². The second-order valence-corrected chi connectivity index (χ2v) is 5.85. The SMILES string of the molecule is COc1cc(/C=N\OCC(=O)NCc2ccccc2)ccc1OC(C)C. The summed E-state index contributed by atoms with van der Waals surface area (Å²) >= 11 is 0. The van der Waals surface area contributed by atoms with E-state index < -0.39 is 0 Å². The normalized spacial score (nSPS) is 10.8. The Labute approximate surface area is 153 Å². The minimum atomic E-state index is -0.232. The van der Waals surface area contributed by atoms with Crippen molar-refractivity contribution in [3.8, 4) is 11.5 Å². The Morgan fingerprint density at radius 2 is 1.92 bits per heavy atom. The van der Waals surface area contributed by atoms with Gasteiger partial charge in [0.15, 0.2) is 18.1 Å². The van der Waals surface area contributed by atoms with Crippen LogP contribution in [0.15, 0.2) is 53.7 Å². The van der Waals surface area contributed by atoms with Crippen LogP contribution in [0.1, 0.15) is 25.0 Å². The van der Waals surface area contributed by atoms with E-state index in [1.54, 1.807) is 13.2 Å². The summed E-state index contributed by atoms with van der Waals surface area (Å²) in [6, 6.07) is 15.1. The monoisotopic (exact) mass is 356 g/mol. The van der Waals surface area contributed by atoms with Crippen LogP contribution in [0.2, 0.25) is 0 Å².